The van der Waals surface area contributed by atoms with Gasteiger partial charge in [0.15, 0.2) is 8.32 Å². The van der Waals surface area contributed by atoms with Crippen LogP contribution in [0.3, 0.4) is 0 Å². The first-order valence-corrected chi connectivity index (χ1v) is 24.8. The number of carbonyl (C=O) groups is 1. The maximum absolute atomic E-state index is 13.3. The van der Waals surface area contributed by atoms with Gasteiger partial charge in [-0.1, -0.05) is 123 Å². The Labute approximate surface area is 338 Å². The Balaban J connectivity index is 1.68. The molecule has 56 heavy (non-hydrogen) atoms. The topological polar surface area (TPSA) is 81.7 Å². The molecule has 0 saturated carbocycles. The van der Waals surface area contributed by atoms with Crippen LogP contribution in [0.15, 0.2) is 78.9 Å². The molecule has 0 amide bonds. The molecule has 1 saturated heterocycles. The predicted octanol–water partition coefficient (Wildman–Crippen LogP) is 11.5. The Bertz CT molecular complexity index is 1760. The van der Waals surface area contributed by atoms with Gasteiger partial charge in [-0.15, -0.1) is 0 Å². The first-order valence-electron chi connectivity index (χ1n) is 20.4. The van der Waals surface area contributed by atoms with E-state index in [4.69, 9.17) is 32.2 Å². The molecule has 10 heteroatoms. The average molecular weight is 803 g/mol. The van der Waals surface area contributed by atoms with Crippen LogP contribution >= 0.6 is 0 Å². The molecule has 2 aliphatic heterocycles. The number of carbonyl (C=O) groups excluding carboxylic acids is 1. The van der Waals surface area contributed by atoms with Crippen molar-refractivity contribution in [2.45, 2.75) is 149 Å². The molecular formula is C46H66O8Si2. The van der Waals surface area contributed by atoms with Crippen LogP contribution in [0, 0.1) is 5.41 Å². The molecule has 306 valence electrons. The lowest BCUT2D eigenvalue weighted by molar-refractivity contribution is -0.154. The van der Waals surface area contributed by atoms with Crippen molar-refractivity contribution in [2.75, 3.05) is 6.61 Å². The summed E-state index contributed by atoms with van der Waals surface area (Å²) in [6.45, 7) is 26.7. The van der Waals surface area contributed by atoms with Crippen LogP contribution in [0.2, 0.25) is 28.2 Å². The van der Waals surface area contributed by atoms with Crippen LogP contribution in [-0.2, 0) is 47.4 Å². The van der Waals surface area contributed by atoms with E-state index in [1.165, 1.54) is 0 Å². The highest BCUT2D eigenvalue weighted by molar-refractivity contribution is 6.74. The fraction of sp³-hybridized carbons (Fsp3) is 0.543. The highest BCUT2D eigenvalue weighted by Gasteiger charge is 2.64. The van der Waals surface area contributed by atoms with Gasteiger partial charge in [-0.2, -0.15) is 0 Å². The SMILES string of the molecule is CC[Si](CC)(CC)O[C@@H]1C=C(c2c(COC(=O)C(C)(C)C)cc(OCc3ccccc3)cc2OCc2ccccc2)O[C@@H]2CO[Si](C(C)(C)C)(C(C)(C)C)O[C@@H]12. The van der Waals surface area contributed by atoms with Crippen LogP contribution in [-0.4, -0.2) is 47.8 Å². The maximum Gasteiger partial charge on any atom is 0.349 e. The fourth-order valence-corrected chi connectivity index (χ4v) is 15.7. The molecule has 3 atom stereocenters. The molecule has 2 heterocycles. The van der Waals surface area contributed by atoms with Gasteiger partial charge in [0.05, 0.1) is 23.7 Å². The van der Waals surface area contributed by atoms with Crippen molar-refractivity contribution in [1.29, 1.82) is 0 Å². The molecule has 0 unspecified atom stereocenters. The van der Waals surface area contributed by atoms with E-state index < -0.39 is 34.5 Å². The van der Waals surface area contributed by atoms with Crippen LogP contribution in [0.25, 0.3) is 5.76 Å². The van der Waals surface area contributed by atoms with Crippen molar-refractivity contribution < 1.29 is 37.0 Å². The van der Waals surface area contributed by atoms with E-state index in [0.29, 0.717) is 48.2 Å². The van der Waals surface area contributed by atoms with E-state index in [-0.39, 0.29) is 28.8 Å². The molecule has 3 aromatic rings. The maximum atomic E-state index is 13.3. The summed E-state index contributed by atoms with van der Waals surface area (Å²) in [5.74, 6) is 1.43. The Morgan fingerprint density at radius 1 is 0.768 bits per heavy atom. The van der Waals surface area contributed by atoms with Gasteiger partial charge < -0.3 is 32.2 Å². The molecule has 0 aromatic heterocycles. The normalized spacial score (nSPS) is 20.0. The zero-order valence-corrected chi connectivity index (χ0v) is 38.0. The van der Waals surface area contributed by atoms with Crippen LogP contribution in [0.1, 0.15) is 105 Å². The van der Waals surface area contributed by atoms with Crippen LogP contribution in [0.5, 0.6) is 11.5 Å². The first-order chi connectivity index (χ1) is 26.3. The number of fused-ring (bicyclic) bond motifs is 1. The number of benzene rings is 3. The highest BCUT2D eigenvalue weighted by Crippen LogP contribution is 2.56. The van der Waals surface area contributed by atoms with Gasteiger partial charge in [0.25, 0.3) is 0 Å². The quantitative estimate of drug-likeness (QED) is 0.118. The number of rotatable bonds is 14. The molecule has 1 fully saturated rings. The van der Waals surface area contributed by atoms with E-state index in [1.807, 2.05) is 93.6 Å². The highest BCUT2D eigenvalue weighted by atomic mass is 28.4. The number of hydrogen-bond acceptors (Lipinski definition) is 8. The lowest BCUT2D eigenvalue weighted by Crippen LogP contribution is -2.68. The Morgan fingerprint density at radius 3 is 1.84 bits per heavy atom. The molecular weight excluding hydrogens is 737 g/mol. The minimum absolute atomic E-state index is 0.00930. The third-order valence-corrected chi connectivity index (χ3v) is 21.0. The molecule has 0 aliphatic carbocycles. The van der Waals surface area contributed by atoms with Crippen molar-refractivity contribution in [3.8, 4) is 11.5 Å². The summed E-state index contributed by atoms with van der Waals surface area (Å²) >= 11 is 0. The van der Waals surface area contributed by atoms with Crippen molar-refractivity contribution in [2.24, 2.45) is 5.41 Å². The van der Waals surface area contributed by atoms with E-state index in [0.717, 1.165) is 29.3 Å². The zero-order chi connectivity index (χ0) is 40.9. The van der Waals surface area contributed by atoms with Gasteiger partial charge in [0.1, 0.15) is 49.3 Å². The van der Waals surface area contributed by atoms with Gasteiger partial charge in [-0.3, -0.25) is 4.79 Å². The summed E-state index contributed by atoms with van der Waals surface area (Å²) < 4.78 is 47.9. The van der Waals surface area contributed by atoms with Crippen molar-refractivity contribution in [3.63, 3.8) is 0 Å². The second-order valence-electron chi connectivity index (χ2n) is 18.4. The molecule has 5 rings (SSSR count). The average Bonchev–Trinajstić information content (AvgIpc) is 3.16. The third-order valence-electron chi connectivity index (χ3n) is 11.2. The Morgan fingerprint density at radius 2 is 1.32 bits per heavy atom. The molecule has 3 aromatic carbocycles. The van der Waals surface area contributed by atoms with E-state index in [1.54, 1.807) is 0 Å². The Hall–Kier alpha value is -3.42. The molecule has 0 N–H and O–H groups in total. The summed E-state index contributed by atoms with van der Waals surface area (Å²) in [7, 11) is -5.04. The van der Waals surface area contributed by atoms with E-state index in [2.05, 4.69) is 68.4 Å². The van der Waals surface area contributed by atoms with Gasteiger partial charge in [-0.25, -0.2) is 0 Å². The van der Waals surface area contributed by atoms with Gasteiger partial charge >= 0.3 is 14.5 Å². The summed E-state index contributed by atoms with van der Waals surface area (Å²) in [6.07, 6.45) is 0.906. The summed E-state index contributed by atoms with van der Waals surface area (Å²) in [5.41, 5.74) is 2.75. The number of ether oxygens (including phenoxy) is 4. The zero-order valence-electron chi connectivity index (χ0n) is 36.0. The lowest BCUT2D eigenvalue weighted by Gasteiger charge is -2.56. The third kappa shape index (κ3) is 9.81. The van der Waals surface area contributed by atoms with Crippen LogP contribution < -0.4 is 9.47 Å². The molecule has 0 radical (unpaired) electrons. The fourth-order valence-electron chi connectivity index (χ4n) is 7.94. The second-order valence-corrected chi connectivity index (χ2v) is 27.8. The van der Waals surface area contributed by atoms with Crippen molar-refractivity contribution in [1.82, 2.24) is 0 Å². The van der Waals surface area contributed by atoms with Crippen molar-refractivity contribution in [3.05, 3.63) is 101 Å². The Kier molecular flexibility index (Phi) is 13.7. The monoisotopic (exact) mass is 802 g/mol. The van der Waals surface area contributed by atoms with Gasteiger partial charge in [-0.05, 0) is 62.2 Å². The second kappa shape index (κ2) is 17.6. The van der Waals surface area contributed by atoms with E-state index in [9.17, 15) is 4.79 Å². The van der Waals surface area contributed by atoms with E-state index >= 15 is 0 Å². The smallest absolute Gasteiger partial charge is 0.349 e. The number of esters is 1. The standard InChI is InChI=1S/C46H66O8Si2/c1-13-55(14-2,15-3)53-39-28-38(52-40-32-51-56(45(7,8)9,46(10,11)12)54-42(39)40)41-35(31-50-43(47)44(4,5)6)26-36(48-29-33-22-18-16-19-23-33)27-37(41)49-30-34-24-20-17-21-25-34/h16-28,39-40,42H,13-15,29-32H2,1-12H3/t39-,40-,42+/m1/s1. The predicted molar refractivity (Wildman–Crippen MR) is 228 cm³/mol. The van der Waals surface area contributed by atoms with Crippen molar-refractivity contribution >= 4 is 28.6 Å². The van der Waals surface area contributed by atoms with Crippen LogP contribution in [0.4, 0.5) is 0 Å². The molecule has 0 bridgehead atoms. The number of hydrogen-bond donors (Lipinski definition) is 0. The van der Waals surface area contributed by atoms with Gasteiger partial charge in [0, 0.05) is 21.7 Å². The lowest BCUT2D eigenvalue weighted by atomic mass is 9.96. The minimum atomic E-state index is -2.88. The minimum Gasteiger partial charge on any atom is -0.489 e. The first kappa shape index (κ1) is 43.7. The molecule has 0 spiro atoms. The summed E-state index contributed by atoms with van der Waals surface area (Å²) in [4.78, 5) is 13.3. The van der Waals surface area contributed by atoms with Gasteiger partial charge in [0.2, 0.25) is 0 Å². The summed E-state index contributed by atoms with van der Waals surface area (Å²) in [6, 6.07) is 26.9. The summed E-state index contributed by atoms with van der Waals surface area (Å²) in [5, 5.41) is -0.421. The largest absolute Gasteiger partial charge is 0.489 e. The molecule has 2 aliphatic rings. The molecule has 8 nitrogen and oxygen atoms in total.